The van der Waals surface area contributed by atoms with Crippen molar-refractivity contribution >= 4 is 29.2 Å². The van der Waals surface area contributed by atoms with Gasteiger partial charge < -0.3 is 14.6 Å². The third-order valence-corrected chi connectivity index (χ3v) is 4.65. The summed E-state index contributed by atoms with van der Waals surface area (Å²) in [7, 11) is 0. The van der Waals surface area contributed by atoms with Crippen LogP contribution >= 0.6 is 11.6 Å². The topological polar surface area (TPSA) is 101 Å². The summed E-state index contributed by atoms with van der Waals surface area (Å²) in [6.07, 6.45) is 1.64. The molecular weight excluding hydrogens is 394 g/mol. The van der Waals surface area contributed by atoms with E-state index in [9.17, 15) is 14.4 Å². The number of ether oxygens (including phenoxy) is 1. The highest BCUT2D eigenvalue weighted by Gasteiger charge is 2.16. The molecule has 0 atom stereocenters. The number of amides is 1. The van der Waals surface area contributed by atoms with Gasteiger partial charge in [0.15, 0.2) is 0 Å². The molecule has 1 amide bonds. The normalized spacial score (nSPS) is 10.3. The number of aromatic nitrogens is 1. The first kappa shape index (κ1) is 22.2. The molecule has 1 N–H and O–H groups in total. The number of rotatable bonds is 7. The number of hydrogen-bond donors (Lipinski definition) is 1. The van der Waals surface area contributed by atoms with Gasteiger partial charge in [-0.1, -0.05) is 24.9 Å². The Labute approximate surface area is 173 Å². The highest BCUT2D eigenvalue weighted by molar-refractivity contribution is 6.33. The van der Waals surface area contributed by atoms with Crippen LogP contribution in [0.5, 0.6) is 0 Å². The van der Waals surface area contributed by atoms with Crippen molar-refractivity contribution in [2.45, 2.75) is 40.2 Å². The maximum absolute atomic E-state index is 12.4. The van der Waals surface area contributed by atoms with Crippen molar-refractivity contribution < 1.29 is 14.3 Å². The minimum Gasteiger partial charge on any atom is -0.462 e. The van der Waals surface area contributed by atoms with Crippen molar-refractivity contribution in [1.29, 1.82) is 5.26 Å². The highest BCUT2D eigenvalue weighted by atomic mass is 35.5. The van der Waals surface area contributed by atoms with Crippen LogP contribution in [0.2, 0.25) is 5.02 Å². The fourth-order valence-electron chi connectivity index (χ4n) is 2.75. The predicted molar refractivity (Wildman–Crippen MR) is 110 cm³/mol. The fourth-order valence-corrected chi connectivity index (χ4v) is 2.94. The summed E-state index contributed by atoms with van der Waals surface area (Å²) in [5, 5.41) is 12.0. The SMILES string of the molecule is CCCCOC(=O)c1cc(NC(=O)Cn2c(C)cc(C)c(C#N)c2=O)ccc1Cl. The lowest BCUT2D eigenvalue weighted by Crippen LogP contribution is -2.31. The summed E-state index contributed by atoms with van der Waals surface area (Å²) in [4.78, 5) is 37.0. The van der Waals surface area contributed by atoms with Gasteiger partial charge in [0.05, 0.1) is 17.2 Å². The van der Waals surface area contributed by atoms with Crippen LogP contribution in [0.15, 0.2) is 29.1 Å². The summed E-state index contributed by atoms with van der Waals surface area (Å²) >= 11 is 6.07. The summed E-state index contributed by atoms with van der Waals surface area (Å²) in [5.74, 6) is -1.04. The molecule has 0 saturated heterocycles. The molecule has 152 valence electrons. The van der Waals surface area contributed by atoms with Crippen LogP contribution in [-0.4, -0.2) is 23.1 Å². The van der Waals surface area contributed by atoms with Gasteiger partial charge in [0, 0.05) is 11.4 Å². The zero-order valence-electron chi connectivity index (χ0n) is 16.5. The smallest absolute Gasteiger partial charge is 0.339 e. The highest BCUT2D eigenvalue weighted by Crippen LogP contribution is 2.22. The van der Waals surface area contributed by atoms with Crippen molar-refractivity contribution in [2.75, 3.05) is 11.9 Å². The van der Waals surface area contributed by atoms with Crippen molar-refractivity contribution in [3.8, 4) is 6.07 Å². The maximum Gasteiger partial charge on any atom is 0.339 e. The lowest BCUT2D eigenvalue weighted by molar-refractivity contribution is -0.116. The number of carbonyl (C=O) groups excluding carboxylic acids is 2. The lowest BCUT2D eigenvalue weighted by Gasteiger charge is -2.13. The van der Waals surface area contributed by atoms with E-state index in [1.807, 2.05) is 13.0 Å². The van der Waals surface area contributed by atoms with E-state index in [0.717, 1.165) is 12.8 Å². The summed E-state index contributed by atoms with van der Waals surface area (Å²) in [5.41, 5.74) is 1.12. The third-order valence-electron chi connectivity index (χ3n) is 4.32. The molecule has 8 heteroatoms. The molecule has 0 aliphatic rings. The zero-order chi connectivity index (χ0) is 21.6. The number of unbranched alkanes of at least 4 members (excludes halogenated alkanes) is 1. The van der Waals surface area contributed by atoms with Gasteiger partial charge in [-0.15, -0.1) is 0 Å². The van der Waals surface area contributed by atoms with Gasteiger partial charge in [0.2, 0.25) is 5.91 Å². The number of esters is 1. The number of nitriles is 1. The Hall–Kier alpha value is -3.11. The van der Waals surface area contributed by atoms with Crippen LogP contribution in [0.1, 0.15) is 46.9 Å². The van der Waals surface area contributed by atoms with Gasteiger partial charge in [0.1, 0.15) is 18.2 Å². The van der Waals surface area contributed by atoms with E-state index in [1.165, 1.54) is 16.7 Å². The van der Waals surface area contributed by atoms with Crippen molar-refractivity contribution in [3.63, 3.8) is 0 Å². The second-order valence-electron chi connectivity index (χ2n) is 6.58. The van der Waals surface area contributed by atoms with Crippen LogP contribution in [0, 0.1) is 25.2 Å². The van der Waals surface area contributed by atoms with E-state index in [4.69, 9.17) is 21.6 Å². The lowest BCUT2D eigenvalue weighted by atomic mass is 10.1. The molecule has 0 unspecified atom stereocenters. The number of aryl methyl sites for hydroxylation is 2. The fraction of sp³-hybridized carbons (Fsp3) is 0.333. The molecule has 1 aromatic heterocycles. The van der Waals surface area contributed by atoms with E-state index in [-0.39, 0.29) is 22.7 Å². The molecule has 0 radical (unpaired) electrons. The average molecular weight is 416 g/mol. The monoisotopic (exact) mass is 415 g/mol. The molecule has 7 nitrogen and oxygen atoms in total. The Morgan fingerprint density at radius 1 is 1.28 bits per heavy atom. The molecule has 1 aromatic carbocycles. The van der Waals surface area contributed by atoms with Crippen molar-refractivity contribution in [3.05, 3.63) is 62.0 Å². The maximum atomic E-state index is 12.4. The number of anilines is 1. The Morgan fingerprint density at radius 3 is 2.66 bits per heavy atom. The molecule has 0 bridgehead atoms. The predicted octanol–water partition coefficient (Wildman–Crippen LogP) is 3.59. The molecule has 0 fully saturated rings. The minimum absolute atomic E-state index is 0.00649. The Balaban J connectivity index is 2.18. The largest absolute Gasteiger partial charge is 0.462 e. The second-order valence-corrected chi connectivity index (χ2v) is 6.99. The van der Waals surface area contributed by atoms with E-state index in [1.54, 1.807) is 26.0 Å². The number of halogens is 1. The van der Waals surface area contributed by atoms with Gasteiger partial charge >= 0.3 is 5.97 Å². The Bertz CT molecular complexity index is 1040. The number of pyridine rings is 1. The Kier molecular flexibility index (Phi) is 7.57. The van der Waals surface area contributed by atoms with Crippen LogP contribution in [-0.2, 0) is 16.1 Å². The second kappa shape index (κ2) is 9.89. The molecule has 29 heavy (non-hydrogen) atoms. The van der Waals surface area contributed by atoms with Gasteiger partial charge in [-0.25, -0.2) is 4.79 Å². The standard InChI is InChI=1S/C21H22ClN3O4/c1-4-5-8-29-21(28)16-10-15(6-7-18(16)22)24-19(26)12-25-14(3)9-13(2)17(11-23)20(25)27/h6-7,9-10H,4-5,8,12H2,1-3H3,(H,24,26). The van der Waals surface area contributed by atoms with Gasteiger partial charge in [0.25, 0.3) is 5.56 Å². The summed E-state index contributed by atoms with van der Waals surface area (Å²) in [6, 6.07) is 8.02. The first-order valence-corrected chi connectivity index (χ1v) is 9.54. The van der Waals surface area contributed by atoms with E-state index in [0.29, 0.717) is 23.6 Å². The van der Waals surface area contributed by atoms with E-state index >= 15 is 0 Å². The molecule has 2 aromatic rings. The third kappa shape index (κ3) is 5.46. The molecule has 1 heterocycles. The molecule has 0 saturated carbocycles. The zero-order valence-corrected chi connectivity index (χ0v) is 17.3. The summed E-state index contributed by atoms with van der Waals surface area (Å²) in [6.45, 7) is 5.37. The van der Waals surface area contributed by atoms with E-state index in [2.05, 4.69) is 5.32 Å². The minimum atomic E-state index is -0.566. The quantitative estimate of drug-likeness (QED) is 0.550. The van der Waals surface area contributed by atoms with E-state index < -0.39 is 17.4 Å². The van der Waals surface area contributed by atoms with Crippen LogP contribution < -0.4 is 10.9 Å². The van der Waals surface area contributed by atoms with Gasteiger partial charge in [-0.05, 0) is 50.1 Å². The number of hydrogen-bond acceptors (Lipinski definition) is 5. The average Bonchev–Trinajstić information content (AvgIpc) is 2.67. The number of nitrogens with one attached hydrogen (secondary N) is 1. The number of nitrogens with zero attached hydrogens (tertiary/aromatic N) is 2. The summed E-state index contributed by atoms with van der Waals surface area (Å²) < 4.78 is 6.39. The number of benzene rings is 1. The molecule has 0 aliphatic heterocycles. The van der Waals surface area contributed by atoms with Crippen LogP contribution in [0.4, 0.5) is 5.69 Å². The first-order valence-electron chi connectivity index (χ1n) is 9.16. The van der Waals surface area contributed by atoms with Crippen molar-refractivity contribution in [2.24, 2.45) is 0 Å². The molecular formula is C21H22ClN3O4. The van der Waals surface area contributed by atoms with Gasteiger partial charge in [-0.3, -0.25) is 9.59 Å². The molecule has 0 aliphatic carbocycles. The number of carbonyl (C=O) groups is 2. The first-order chi connectivity index (χ1) is 13.8. The molecule has 0 spiro atoms. The van der Waals surface area contributed by atoms with Crippen LogP contribution in [0.3, 0.4) is 0 Å². The Morgan fingerprint density at radius 2 is 2.00 bits per heavy atom. The van der Waals surface area contributed by atoms with Crippen molar-refractivity contribution in [1.82, 2.24) is 4.57 Å². The van der Waals surface area contributed by atoms with Gasteiger partial charge in [-0.2, -0.15) is 5.26 Å². The van der Waals surface area contributed by atoms with Crippen LogP contribution in [0.25, 0.3) is 0 Å². The molecule has 2 rings (SSSR count).